The third-order valence-corrected chi connectivity index (χ3v) is 13.0. The average molecular weight is 760 g/mol. The molecule has 2 aromatic heterocycles. The lowest BCUT2D eigenvalue weighted by Crippen LogP contribution is -2.32. The number of rotatable bonds is 5. The number of fused-ring (bicyclic) bond motifs is 9. The molecule has 4 heteroatoms. The van der Waals surface area contributed by atoms with Crippen molar-refractivity contribution < 1.29 is 0 Å². The summed E-state index contributed by atoms with van der Waals surface area (Å²) < 4.78 is 0. The topological polar surface area (TPSA) is 38.7 Å². The Hall–Kier alpha value is -6.88. The Labute approximate surface area is 343 Å². The van der Waals surface area contributed by atoms with E-state index in [2.05, 4.69) is 189 Å². The first-order valence-electron chi connectivity index (χ1n) is 19.8. The predicted molar refractivity (Wildman–Crippen MR) is 238 cm³/mol. The first-order valence-corrected chi connectivity index (χ1v) is 20.6. The van der Waals surface area contributed by atoms with Crippen molar-refractivity contribution in [1.82, 2.24) is 15.0 Å². The zero-order valence-corrected chi connectivity index (χ0v) is 33.0. The maximum absolute atomic E-state index is 5.29. The van der Waals surface area contributed by atoms with Crippen LogP contribution in [0.25, 0.3) is 67.3 Å². The highest BCUT2D eigenvalue weighted by atomic mass is 32.2. The molecule has 11 rings (SSSR count). The molecule has 58 heavy (non-hydrogen) atoms. The largest absolute Gasteiger partial charge is 0.261 e. The van der Waals surface area contributed by atoms with Crippen molar-refractivity contribution in [2.75, 3.05) is 0 Å². The maximum Gasteiger partial charge on any atom is 0.160 e. The van der Waals surface area contributed by atoms with Gasteiger partial charge in [0.1, 0.15) is 0 Å². The fourth-order valence-electron chi connectivity index (χ4n) is 9.16. The highest BCUT2D eigenvalue weighted by molar-refractivity contribution is 7.99. The first kappa shape index (κ1) is 34.4. The Morgan fingerprint density at radius 3 is 1.74 bits per heavy atom. The van der Waals surface area contributed by atoms with Crippen LogP contribution in [0.4, 0.5) is 0 Å². The van der Waals surface area contributed by atoms with E-state index in [-0.39, 0.29) is 0 Å². The van der Waals surface area contributed by atoms with Gasteiger partial charge >= 0.3 is 0 Å². The normalized spacial score (nSPS) is 14.7. The Bertz CT molecular complexity index is 3050. The smallest absolute Gasteiger partial charge is 0.160 e. The Morgan fingerprint density at radius 2 is 0.966 bits per heavy atom. The molecular weight excluding hydrogens is 723 g/mol. The molecular formula is C54H37N3S. The van der Waals surface area contributed by atoms with Crippen molar-refractivity contribution >= 4 is 11.8 Å². The minimum absolute atomic E-state index is 0.479. The SMILES string of the molecule is Cc1cc(C)c(-c2ccc3c(c2)Sc2ccccc2C32c3ccccc3-c3cc(-c4cc(-c5ccccc5)nc(-c5ccc(-c6ccccc6)cc5)n4)ccc32)cn1. The zero-order chi connectivity index (χ0) is 38.8. The number of aromatic nitrogens is 3. The van der Waals surface area contributed by atoms with E-state index in [4.69, 9.17) is 9.97 Å². The van der Waals surface area contributed by atoms with Gasteiger partial charge in [-0.1, -0.05) is 163 Å². The van der Waals surface area contributed by atoms with Crippen LogP contribution in [0.15, 0.2) is 198 Å². The van der Waals surface area contributed by atoms with Crippen molar-refractivity contribution in [2.45, 2.75) is 29.1 Å². The van der Waals surface area contributed by atoms with Gasteiger partial charge in [-0.25, -0.2) is 9.97 Å². The van der Waals surface area contributed by atoms with Crippen molar-refractivity contribution in [2.24, 2.45) is 0 Å². The number of nitrogens with zero attached hydrogens (tertiary/aromatic N) is 3. The van der Waals surface area contributed by atoms with E-state index < -0.39 is 5.41 Å². The molecule has 7 aromatic carbocycles. The monoisotopic (exact) mass is 759 g/mol. The summed E-state index contributed by atoms with van der Waals surface area (Å²) in [6, 6.07) is 65.8. The Kier molecular flexibility index (Phi) is 8.09. The van der Waals surface area contributed by atoms with Crippen molar-refractivity contribution in [3.63, 3.8) is 0 Å². The van der Waals surface area contributed by atoms with Crippen molar-refractivity contribution in [3.05, 3.63) is 222 Å². The fourth-order valence-corrected chi connectivity index (χ4v) is 10.4. The van der Waals surface area contributed by atoms with Gasteiger partial charge in [-0.15, -0.1) is 0 Å². The van der Waals surface area contributed by atoms with Gasteiger partial charge in [0.2, 0.25) is 0 Å². The summed E-state index contributed by atoms with van der Waals surface area (Å²) in [4.78, 5) is 17.7. The second kappa shape index (κ2) is 13.7. The molecule has 9 aromatic rings. The summed E-state index contributed by atoms with van der Waals surface area (Å²) in [6.07, 6.45) is 2.02. The van der Waals surface area contributed by atoms with Gasteiger partial charge in [-0.05, 0) is 99.8 Å². The summed E-state index contributed by atoms with van der Waals surface area (Å²) >= 11 is 1.87. The molecule has 1 unspecified atom stereocenters. The van der Waals surface area contributed by atoms with E-state index in [1.165, 1.54) is 65.4 Å². The molecule has 0 amide bonds. The molecule has 0 saturated carbocycles. The number of pyridine rings is 1. The third-order valence-electron chi connectivity index (χ3n) is 11.8. The molecule has 274 valence electrons. The lowest BCUT2D eigenvalue weighted by atomic mass is 9.67. The van der Waals surface area contributed by atoms with Crippen LogP contribution >= 0.6 is 11.8 Å². The molecule has 0 bridgehead atoms. The number of hydrogen-bond acceptors (Lipinski definition) is 4. The van der Waals surface area contributed by atoms with E-state index in [0.717, 1.165) is 39.3 Å². The zero-order valence-electron chi connectivity index (χ0n) is 32.1. The van der Waals surface area contributed by atoms with Gasteiger partial charge in [-0.3, -0.25) is 4.98 Å². The van der Waals surface area contributed by atoms with Crippen molar-refractivity contribution in [1.29, 1.82) is 0 Å². The lowest BCUT2D eigenvalue weighted by molar-refractivity contribution is 0.722. The highest BCUT2D eigenvalue weighted by Gasteiger charge is 2.50. The summed E-state index contributed by atoms with van der Waals surface area (Å²) in [5.41, 5.74) is 19.1. The summed E-state index contributed by atoms with van der Waals surface area (Å²) in [5, 5.41) is 0. The summed E-state index contributed by atoms with van der Waals surface area (Å²) in [7, 11) is 0. The standard InChI is InChI=1S/C54H37N3S/c1-34-29-35(2)55-33-44(34)40-25-28-48-52(31-40)58-51-20-12-11-19-47(51)54(48)45-18-10-9-17-42(45)43-30-41(26-27-46(43)54)50-32-49(38-15-7-4-8-16-38)56-53(57-50)39-23-21-37(22-24-39)36-13-5-3-6-14-36/h3-33H,1-2H3. The van der Waals surface area contributed by atoms with Gasteiger partial charge in [0.25, 0.3) is 0 Å². The predicted octanol–water partition coefficient (Wildman–Crippen LogP) is 13.7. The van der Waals surface area contributed by atoms with E-state index in [1.807, 2.05) is 30.1 Å². The Morgan fingerprint density at radius 1 is 0.397 bits per heavy atom. The number of hydrogen-bond donors (Lipinski definition) is 0. The van der Waals surface area contributed by atoms with E-state index >= 15 is 0 Å². The number of benzene rings is 7. The van der Waals surface area contributed by atoms with Crippen LogP contribution in [0.3, 0.4) is 0 Å². The molecule has 3 heterocycles. The quantitative estimate of drug-likeness (QED) is 0.175. The summed E-state index contributed by atoms with van der Waals surface area (Å²) in [6.45, 7) is 4.23. The molecule has 2 aliphatic rings. The second-order valence-electron chi connectivity index (χ2n) is 15.3. The average Bonchev–Trinajstić information content (AvgIpc) is 3.56. The van der Waals surface area contributed by atoms with Crippen LogP contribution in [-0.4, -0.2) is 15.0 Å². The third kappa shape index (κ3) is 5.48. The molecule has 0 N–H and O–H groups in total. The van der Waals surface area contributed by atoms with Crippen molar-refractivity contribution in [3.8, 4) is 67.3 Å². The molecule has 0 radical (unpaired) electrons. The van der Waals surface area contributed by atoms with Crippen LogP contribution in [0, 0.1) is 13.8 Å². The molecule has 1 spiro atoms. The Balaban J connectivity index is 1.09. The van der Waals surface area contributed by atoms with Crippen LogP contribution in [0.1, 0.15) is 33.5 Å². The van der Waals surface area contributed by atoms with Gasteiger partial charge in [0.05, 0.1) is 16.8 Å². The molecule has 1 aliphatic carbocycles. The number of aryl methyl sites for hydroxylation is 2. The lowest BCUT2D eigenvalue weighted by Gasteiger charge is -2.40. The fraction of sp³-hybridized carbons (Fsp3) is 0.0556. The maximum atomic E-state index is 5.29. The summed E-state index contributed by atoms with van der Waals surface area (Å²) in [5.74, 6) is 0.704. The molecule has 1 atom stereocenters. The van der Waals surface area contributed by atoms with E-state index in [0.29, 0.717) is 5.82 Å². The highest BCUT2D eigenvalue weighted by Crippen LogP contribution is 2.62. The molecule has 0 saturated heterocycles. The van der Waals surface area contributed by atoms with E-state index in [9.17, 15) is 0 Å². The molecule has 0 fully saturated rings. The van der Waals surface area contributed by atoms with Gasteiger partial charge < -0.3 is 0 Å². The van der Waals surface area contributed by atoms with Crippen LogP contribution in [0.5, 0.6) is 0 Å². The molecule has 3 nitrogen and oxygen atoms in total. The van der Waals surface area contributed by atoms with Gasteiger partial charge in [0.15, 0.2) is 5.82 Å². The minimum atomic E-state index is -0.479. The minimum Gasteiger partial charge on any atom is -0.261 e. The molecule has 1 aliphatic heterocycles. The van der Waals surface area contributed by atoms with Crippen LogP contribution in [-0.2, 0) is 5.41 Å². The van der Waals surface area contributed by atoms with E-state index in [1.54, 1.807) is 0 Å². The van der Waals surface area contributed by atoms with Gasteiger partial charge in [0, 0.05) is 43.9 Å². The van der Waals surface area contributed by atoms with Gasteiger partial charge in [-0.2, -0.15) is 0 Å². The second-order valence-corrected chi connectivity index (χ2v) is 16.4. The van der Waals surface area contributed by atoms with Crippen LogP contribution in [0.2, 0.25) is 0 Å². The van der Waals surface area contributed by atoms with Crippen LogP contribution < -0.4 is 0 Å². The first-order chi connectivity index (χ1) is 28.5.